The molecule has 0 heterocycles. The molecule has 0 N–H and O–H groups in total. The maximum absolute atomic E-state index is 12.3. The van der Waals surface area contributed by atoms with E-state index in [0.29, 0.717) is 0 Å². The van der Waals surface area contributed by atoms with E-state index in [1.165, 1.54) is 12.1 Å². The van der Waals surface area contributed by atoms with Crippen molar-refractivity contribution in [3.63, 3.8) is 0 Å². The van der Waals surface area contributed by atoms with Gasteiger partial charge in [0, 0.05) is 12.7 Å². The third kappa shape index (κ3) is 2.52. The smallest absolute Gasteiger partial charge is 0.323 e. The van der Waals surface area contributed by atoms with Crippen LogP contribution in [0.5, 0.6) is 0 Å². The van der Waals surface area contributed by atoms with E-state index in [1.54, 1.807) is 19.2 Å². The van der Waals surface area contributed by atoms with Crippen molar-refractivity contribution in [1.29, 1.82) is 0 Å². The molecule has 0 saturated carbocycles. The molecular weight excluding hydrogens is 173 g/mol. The standard InChI is InChI=1S/C9H11BF2O/c1-10(13-2)8-5-3-4-7(6-8)9(11)12/h3-6,9H,1-2H3. The summed E-state index contributed by atoms with van der Waals surface area (Å²) in [6, 6.07) is 6.28. The van der Waals surface area contributed by atoms with E-state index in [2.05, 4.69) is 0 Å². The summed E-state index contributed by atoms with van der Waals surface area (Å²) in [6.07, 6.45) is -2.41. The van der Waals surface area contributed by atoms with E-state index in [1.807, 2.05) is 6.82 Å². The van der Waals surface area contributed by atoms with Crippen molar-refractivity contribution < 1.29 is 13.4 Å². The summed E-state index contributed by atoms with van der Waals surface area (Å²) >= 11 is 0. The highest BCUT2D eigenvalue weighted by molar-refractivity contribution is 6.66. The van der Waals surface area contributed by atoms with Crippen LogP contribution in [0.4, 0.5) is 8.78 Å². The van der Waals surface area contributed by atoms with Gasteiger partial charge in [-0.05, 0) is 5.46 Å². The van der Waals surface area contributed by atoms with Crippen LogP contribution in [0.3, 0.4) is 0 Å². The van der Waals surface area contributed by atoms with Gasteiger partial charge in [-0.1, -0.05) is 31.1 Å². The Morgan fingerprint density at radius 1 is 1.38 bits per heavy atom. The largest absolute Gasteiger partial charge is 0.434 e. The monoisotopic (exact) mass is 184 g/mol. The van der Waals surface area contributed by atoms with Crippen molar-refractivity contribution in [3.8, 4) is 0 Å². The van der Waals surface area contributed by atoms with Crippen molar-refractivity contribution in [1.82, 2.24) is 0 Å². The summed E-state index contributed by atoms with van der Waals surface area (Å²) in [5, 5.41) is 0. The van der Waals surface area contributed by atoms with Gasteiger partial charge in [-0.25, -0.2) is 8.78 Å². The minimum Gasteiger partial charge on any atom is -0.434 e. The van der Waals surface area contributed by atoms with Gasteiger partial charge in [0.2, 0.25) is 0 Å². The number of hydrogen-bond donors (Lipinski definition) is 0. The normalized spacial score (nSPS) is 10.5. The molecule has 0 atom stereocenters. The zero-order valence-corrected chi connectivity index (χ0v) is 7.63. The Morgan fingerprint density at radius 3 is 2.62 bits per heavy atom. The molecule has 0 aromatic heterocycles. The second-order valence-corrected chi connectivity index (χ2v) is 2.85. The molecule has 13 heavy (non-hydrogen) atoms. The number of rotatable bonds is 3. The minimum atomic E-state index is -2.41. The Hall–Kier alpha value is -0.895. The first-order valence-electron chi connectivity index (χ1n) is 4.06. The molecule has 0 amide bonds. The minimum absolute atomic E-state index is 0.0430. The molecule has 1 rings (SSSR count). The van der Waals surface area contributed by atoms with Gasteiger partial charge in [-0.2, -0.15) is 0 Å². The van der Waals surface area contributed by atoms with Gasteiger partial charge in [0.25, 0.3) is 6.43 Å². The molecule has 1 nitrogen and oxygen atoms in total. The predicted octanol–water partition coefficient (Wildman–Crippen LogP) is 2.10. The highest BCUT2D eigenvalue weighted by atomic mass is 19.3. The van der Waals surface area contributed by atoms with E-state index >= 15 is 0 Å². The molecule has 4 heteroatoms. The zero-order valence-electron chi connectivity index (χ0n) is 7.63. The van der Waals surface area contributed by atoms with Crippen LogP contribution in [0, 0.1) is 0 Å². The maximum atomic E-state index is 12.3. The van der Waals surface area contributed by atoms with Crippen molar-refractivity contribution in [2.45, 2.75) is 13.2 Å². The van der Waals surface area contributed by atoms with E-state index in [9.17, 15) is 8.78 Å². The number of hydrogen-bond acceptors (Lipinski definition) is 1. The van der Waals surface area contributed by atoms with E-state index in [4.69, 9.17) is 4.65 Å². The van der Waals surface area contributed by atoms with Gasteiger partial charge in [-0.3, -0.25) is 0 Å². The summed E-state index contributed by atoms with van der Waals surface area (Å²) in [5.41, 5.74) is 0.821. The van der Waals surface area contributed by atoms with Crippen molar-refractivity contribution in [2.75, 3.05) is 7.11 Å². The fraction of sp³-hybridized carbons (Fsp3) is 0.333. The van der Waals surface area contributed by atoms with Crippen LogP contribution < -0.4 is 5.46 Å². The average molecular weight is 184 g/mol. The van der Waals surface area contributed by atoms with Gasteiger partial charge < -0.3 is 4.65 Å². The summed E-state index contributed by atoms with van der Waals surface area (Å²) in [5.74, 6) is 0. The predicted molar refractivity (Wildman–Crippen MR) is 49.7 cm³/mol. The quantitative estimate of drug-likeness (QED) is 0.653. The van der Waals surface area contributed by atoms with Gasteiger partial charge in [0.15, 0.2) is 0 Å². The van der Waals surface area contributed by atoms with Crippen molar-refractivity contribution >= 4 is 12.4 Å². The molecule has 0 aliphatic heterocycles. The Bertz CT molecular complexity index is 278. The third-order valence-corrected chi connectivity index (χ3v) is 1.99. The van der Waals surface area contributed by atoms with Crippen molar-refractivity contribution in [3.05, 3.63) is 29.8 Å². The lowest BCUT2D eigenvalue weighted by Crippen LogP contribution is -2.28. The summed E-state index contributed by atoms with van der Waals surface area (Å²) < 4.78 is 29.6. The lowest BCUT2D eigenvalue weighted by atomic mass is 9.63. The molecule has 1 aromatic carbocycles. The van der Waals surface area contributed by atoms with E-state index in [-0.39, 0.29) is 12.5 Å². The maximum Gasteiger partial charge on any atom is 0.323 e. The first-order chi connectivity index (χ1) is 6.15. The Morgan fingerprint density at radius 2 is 2.08 bits per heavy atom. The third-order valence-electron chi connectivity index (χ3n) is 1.99. The van der Waals surface area contributed by atoms with Crippen LogP contribution in [0.2, 0.25) is 6.82 Å². The molecule has 0 saturated heterocycles. The van der Waals surface area contributed by atoms with E-state index in [0.717, 1.165) is 5.46 Å². The second kappa shape index (κ2) is 4.37. The molecular formula is C9H11BF2O. The summed E-state index contributed by atoms with van der Waals surface area (Å²) in [7, 11) is 1.56. The van der Waals surface area contributed by atoms with Gasteiger partial charge in [-0.15, -0.1) is 0 Å². The number of alkyl halides is 2. The van der Waals surface area contributed by atoms with Crippen LogP contribution in [-0.2, 0) is 4.65 Å². The molecule has 0 aliphatic carbocycles. The average Bonchev–Trinajstić information content (AvgIpc) is 2.17. The molecule has 1 aromatic rings. The second-order valence-electron chi connectivity index (χ2n) is 2.85. The highest BCUT2D eigenvalue weighted by Gasteiger charge is 2.13. The molecule has 0 radical (unpaired) electrons. The molecule has 0 unspecified atom stereocenters. The fourth-order valence-electron chi connectivity index (χ4n) is 1.08. The number of halogens is 2. The fourth-order valence-corrected chi connectivity index (χ4v) is 1.08. The highest BCUT2D eigenvalue weighted by Crippen LogP contribution is 2.16. The lowest BCUT2D eigenvalue weighted by Gasteiger charge is -2.07. The van der Waals surface area contributed by atoms with Gasteiger partial charge in [0.1, 0.15) is 0 Å². The van der Waals surface area contributed by atoms with Crippen LogP contribution in [0.1, 0.15) is 12.0 Å². The van der Waals surface area contributed by atoms with Crippen molar-refractivity contribution in [2.24, 2.45) is 0 Å². The van der Waals surface area contributed by atoms with Gasteiger partial charge >= 0.3 is 6.92 Å². The van der Waals surface area contributed by atoms with Crippen LogP contribution >= 0.6 is 0 Å². The lowest BCUT2D eigenvalue weighted by molar-refractivity contribution is 0.151. The molecule has 0 fully saturated rings. The van der Waals surface area contributed by atoms with Gasteiger partial charge in [0.05, 0.1) is 0 Å². The number of benzene rings is 1. The summed E-state index contributed by atoms with van der Waals surface area (Å²) in [4.78, 5) is 0. The summed E-state index contributed by atoms with van der Waals surface area (Å²) in [6.45, 7) is 1.68. The topological polar surface area (TPSA) is 9.23 Å². The van der Waals surface area contributed by atoms with Crippen LogP contribution in [-0.4, -0.2) is 14.0 Å². The SMILES string of the molecule is COB(C)c1cccc(C(F)F)c1. The Labute approximate surface area is 76.8 Å². The van der Waals surface area contributed by atoms with Crippen LogP contribution in [0.15, 0.2) is 24.3 Å². The molecule has 0 bridgehead atoms. The molecule has 70 valence electrons. The first-order valence-corrected chi connectivity index (χ1v) is 4.06. The molecule has 0 aliphatic rings. The Balaban J connectivity index is 2.91. The van der Waals surface area contributed by atoms with E-state index < -0.39 is 6.43 Å². The first kappa shape index (κ1) is 10.2. The zero-order chi connectivity index (χ0) is 9.84. The Kier molecular flexibility index (Phi) is 3.43. The molecule has 0 spiro atoms. The van der Waals surface area contributed by atoms with Crippen LogP contribution in [0.25, 0.3) is 0 Å².